The van der Waals surface area contributed by atoms with Crippen LogP contribution in [0.5, 0.6) is 0 Å². The smallest absolute Gasteiger partial charge is 0.356 e. The first-order valence-electron chi connectivity index (χ1n) is 7.37. The van der Waals surface area contributed by atoms with Gasteiger partial charge in [-0.15, -0.1) is 0 Å². The van der Waals surface area contributed by atoms with Crippen molar-refractivity contribution in [3.05, 3.63) is 22.3 Å². The number of rotatable bonds is 4. The molecule has 8 nitrogen and oxygen atoms in total. The molecule has 0 fully saturated rings. The van der Waals surface area contributed by atoms with Gasteiger partial charge >= 0.3 is 11.9 Å². The predicted molar refractivity (Wildman–Crippen MR) is 89.6 cm³/mol. The van der Waals surface area contributed by atoms with Crippen molar-refractivity contribution in [3.63, 3.8) is 0 Å². The second-order valence-corrected chi connectivity index (χ2v) is 6.55. The van der Waals surface area contributed by atoms with E-state index in [2.05, 4.69) is 9.89 Å². The summed E-state index contributed by atoms with van der Waals surface area (Å²) in [5.74, 6) is -2.05. The van der Waals surface area contributed by atoms with Gasteiger partial charge in [-0.05, 0) is 13.0 Å². The fourth-order valence-corrected chi connectivity index (χ4v) is 3.63. The normalized spacial score (nSPS) is 22.8. The van der Waals surface area contributed by atoms with E-state index in [0.717, 1.165) is 7.11 Å². The molecule has 2 aliphatic rings. The lowest BCUT2D eigenvalue weighted by Crippen LogP contribution is -2.29. The number of halogens is 1. The minimum absolute atomic E-state index is 0.0267. The molecule has 1 aliphatic heterocycles. The van der Waals surface area contributed by atoms with Gasteiger partial charge in [-0.25, -0.2) is 9.59 Å². The van der Waals surface area contributed by atoms with Crippen LogP contribution in [0.1, 0.15) is 20.3 Å². The van der Waals surface area contributed by atoms with E-state index in [1.54, 1.807) is 13.8 Å². The molecule has 0 N–H and O–H groups in total. The van der Waals surface area contributed by atoms with Crippen LogP contribution in [0.25, 0.3) is 0 Å². The van der Waals surface area contributed by atoms with Crippen LogP contribution < -0.4 is 0 Å². The Morgan fingerprint density at radius 3 is 2.64 bits per heavy atom. The Hall–Kier alpha value is -2.13. The van der Waals surface area contributed by atoms with Crippen molar-refractivity contribution in [1.29, 1.82) is 0 Å². The number of carbonyl (C=O) groups excluding carboxylic acids is 2. The van der Waals surface area contributed by atoms with E-state index in [4.69, 9.17) is 21.2 Å². The van der Waals surface area contributed by atoms with Crippen molar-refractivity contribution in [1.82, 2.24) is 0 Å². The van der Waals surface area contributed by atoms with Crippen LogP contribution in [0.3, 0.4) is 0 Å². The summed E-state index contributed by atoms with van der Waals surface area (Å²) in [4.78, 5) is 28.9. The van der Waals surface area contributed by atoms with Crippen LogP contribution in [-0.4, -0.2) is 50.8 Å². The zero-order chi connectivity index (χ0) is 18.7. The van der Waals surface area contributed by atoms with Gasteiger partial charge in [0.1, 0.15) is 0 Å². The summed E-state index contributed by atoms with van der Waals surface area (Å²) in [6.45, 7) is 3.45. The van der Waals surface area contributed by atoms with Crippen molar-refractivity contribution in [2.24, 2.45) is 11.1 Å². The Balaban J connectivity index is 2.42. The fraction of sp³-hybridized carbons (Fsp3) is 0.467. The predicted octanol–water partition coefficient (Wildman–Crippen LogP) is 0.988. The Bertz CT molecular complexity index is 830. The van der Waals surface area contributed by atoms with Crippen LogP contribution in [0.2, 0.25) is 0 Å². The zero-order valence-electron chi connectivity index (χ0n) is 13.7. The van der Waals surface area contributed by atoms with Crippen molar-refractivity contribution in [2.75, 3.05) is 13.7 Å². The molecule has 2 atom stereocenters. The maximum atomic E-state index is 11.9. The Morgan fingerprint density at radius 2 is 2.08 bits per heavy atom. The van der Waals surface area contributed by atoms with Crippen molar-refractivity contribution >= 4 is 44.4 Å². The lowest BCUT2D eigenvalue weighted by molar-refractivity contribution is -0.136. The highest BCUT2D eigenvalue weighted by atomic mass is 35.5. The molecule has 0 aromatic carbocycles. The number of hydrogen-bond acceptors (Lipinski definition) is 8. The standard InChI is InChI=1S/C15H16ClNO7S/c1-4-23-15(19)9-6-10(24-17-9)12-7(2)11(25(20)21)5-8(13(12)16)14(18)22-3/h5,7,10H,4,6H2,1-3H3. The lowest BCUT2D eigenvalue weighted by atomic mass is 9.84. The Labute approximate surface area is 150 Å². The highest BCUT2D eigenvalue weighted by molar-refractivity contribution is 7.73. The third kappa shape index (κ3) is 3.77. The molecular formula is C15H16ClNO7S. The minimum Gasteiger partial charge on any atom is -0.465 e. The molecule has 1 aliphatic carbocycles. The Kier molecular flexibility index (Phi) is 6.02. The van der Waals surface area contributed by atoms with Gasteiger partial charge in [0.15, 0.2) is 11.8 Å². The van der Waals surface area contributed by atoms with Gasteiger partial charge in [-0.3, -0.25) is 0 Å². The largest absolute Gasteiger partial charge is 0.465 e. The average molecular weight is 390 g/mol. The number of ether oxygens (including phenoxy) is 2. The lowest BCUT2D eigenvalue weighted by Gasteiger charge is -2.25. The minimum atomic E-state index is -2.57. The third-order valence-electron chi connectivity index (χ3n) is 3.79. The van der Waals surface area contributed by atoms with Crippen LogP contribution >= 0.6 is 11.6 Å². The highest BCUT2D eigenvalue weighted by Gasteiger charge is 2.39. The fourth-order valence-electron chi connectivity index (χ4n) is 2.58. The summed E-state index contributed by atoms with van der Waals surface area (Å²) in [7, 11) is -1.41. The molecule has 25 heavy (non-hydrogen) atoms. The molecule has 0 aromatic rings. The number of hydrogen-bond donors (Lipinski definition) is 0. The highest BCUT2D eigenvalue weighted by Crippen LogP contribution is 2.37. The summed E-state index contributed by atoms with van der Waals surface area (Å²) >= 11 is 6.30. The molecule has 136 valence electrons. The van der Waals surface area contributed by atoms with Gasteiger partial charge in [-0.1, -0.05) is 23.7 Å². The Morgan fingerprint density at radius 1 is 1.40 bits per heavy atom. The number of esters is 2. The van der Waals surface area contributed by atoms with Crippen molar-refractivity contribution in [2.45, 2.75) is 26.4 Å². The number of carbonyl (C=O) groups is 2. The summed E-state index contributed by atoms with van der Waals surface area (Å²) in [5, 5.41) is 3.72. The molecule has 0 aromatic heterocycles. The first-order chi connectivity index (χ1) is 11.8. The first kappa shape index (κ1) is 19.2. The van der Waals surface area contributed by atoms with Gasteiger partial charge < -0.3 is 14.3 Å². The molecule has 2 unspecified atom stereocenters. The zero-order valence-corrected chi connectivity index (χ0v) is 15.3. The summed E-state index contributed by atoms with van der Waals surface area (Å²) in [5.41, 5.74) is 0.312. The van der Waals surface area contributed by atoms with Gasteiger partial charge in [0.05, 0.1) is 29.2 Å². The summed E-state index contributed by atoms with van der Waals surface area (Å²) in [6.07, 6.45) is 0.448. The van der Waals surface area contributed by atoms with Crippen molar-refractivity contribution in [3.8, 4) is 0 Å². The molecule has 0 saturated carbocycles. The average Bonchev–Trinajstić information content (AvgIpc) is 3.04. The topological polar surface area (TPSA) is 108 Å². The maximum Gasteiger partial charge on any atom is 0.356 e. The molecule has 2 rings (SSSR count). The van der Waals surface area contributed by atoms with Gasteiger partial charge in [0.25, 0.3) is 0 Å². The van der Waals surface area contributed by atoms with E-state index in [-0.39, 0.29) is 34.2 Å². The number of nitrogens with zero attached hydrogens (tertiary/aromatic N) is 1. The molecule has 0 saturated heterocycles. The molecular weight excluding hydrogens is 374 g/mol. The molecule has 0 radical (unpaired) electrons. The van der Waals surface area contributed by atoms with E-state index in [1.807, 2.05) is 0 Å². The quantitative estimate of drug-likeness (QED) is 0.521. The molecule has 0 spiro atoms. The molecule has 0 amide bonds. The van der Waals surface area contributed by atoms with E-state index in [9.17, 15) is 18.0 Å². The van der Waals surface area contributed by atoms with Gasteiger partial charge in [0, 0.05) is 17.9 Å². The first-order valence-corrected chi connectivity index (χ1v) is 8.82. The second kappa shape index (κ2) is 7.83. The maximum absolute atomic E-state index is 11.9. The number of oxime groups is 1. The second-order valence-electron chi connectivity index (χ2n) is 5.23. The molecule has 10 heteroatoms. The van der Waals surface area contributed by atoms with E-state index in [0.29, 0.717) is 5.57 Å². The van der Waals surface area contributed by atoms with Crippen LogP contribution in [0.15, 0.2) is 27.4 Å². The van der Waals surface area contributed by atoms with Crippen LogP contribution in [0, 0.1) is 5.92 Å². The molecule has 1 heterocycles. The van der Waals surface area contributed by atoms with Gasteiger partial charge in [0.2, 0.25) is 10.3 Å². The summed E-state index contributed by atoms with van der Waals surface area (Å²) < 4.78 is 32.5. The number of allylic oxidation sites excluding steroid dienone is 1. The number of methoxy groups -OCH3 is 1. The van der Waals surface area contributed by atoms with Crippen LogP contribution in [-0.2, 0) is 34.2 Å². The van der Waals surface area contributed by atoms with Gasteiger partial charge in [-0.2, -0.15) is 8.42 Å². The van der Waals surface area contributed by atoms with E-state index >= 15 is 0 Å². The van der Waals surface area contributed by atoms with Crippen LogP contribution in [0.4, 0.5) is 0 Å². The van der Waals surface area contributed by atoms with E-state index in [1.165, 1.54) is 6.08 Å². The third-order valence-corrected chi connectivity index (χ3v) is 5.07. The monoisotopic (exact) mass is 389 g/mol. The van der Waals surface area contributed by atoms with E-state index < -0.39 is 34.3 Å². The summed E-state index contributed by atoms with van der Waals surface area (Å²) in [6, 6.07) is 0. The SMILES string of the molecule is CCOC(=O)C1=NOC(C2=C(Cl)C(C(=O)OC)=CC(=S(=O)=O)C2C)C1. The molecule has 0 bridgehead atoms. The van der Waals surface area contributed by atoms with Crippen molar-refractivity contribution < 1.29 is 32.3 Å².